The van der Waals surface area contributed by atoms with Crippen LogP contribution in [0, 0.1) is 0 Å². The van der Waals surface area contributed by atoms with Gasteiger partial charge in [0.25, 0.3) is 11.8 Å². The zero-order valence-electron chi connectivity index (χ0n) is 21.4. The van der Waals surface area contributed by atoms with Gasteiger partial charge in [0.1, 0.15) is 16.8 Å². The van der Waals surface area contributed by atoms with E-state index < -0.39 is 5.25 Å². The minimum absolute atomic E-state index is 0.00912. The van der Waals surface area contributed by atoms with Gasteiger partial charge < -0.3 is 15.4 Å². The van der Waals surface area contributed by atoms with E-state index in [9.17, 15) is 14.4 Å². The minimum Gasteiger partial charge on any atom is -0.484 e. The van der Waals surface area contributed by atoms with E-state index in [1.54, 1.807) is 36.4 Å². The van der Waals surface area contributed by atoms with Crippen LogP contribution in [0.4, 0.5) is 11.4 Å². The molecule has 1 aliphatic heterocycles. The molecule has 1 unspecified atom stereocenters. The molecule has 3 amide bonds. The zero-order valence-corrected chi connectivity index (χ0v) is 22.2. The van der Waals surface area contributed by atoms with Gasteiger partial charge in [0, 0.05) is 10.6 Å². The predicted molar refractivity (Wildman–Crippen MR) is 156 cm³/mol. The summed E-state index contributed by atoms with van der Waals surface area (Å²) in [7, 11) is 0. The summed E-state index contributed by atoms with van der Waals surface area (Å²) < 4.78 is 5.49. The number of hydrazone groups is 1. The summed E-state index contributed by atoms with van der Waals surface area (Å²) in [5, 5.41) is 10.7. The van der Waals surface area contributed by atoms with E-state index in [0.29, 0.717) is 23.0 Å². The van der Waals surface area contributed by atoms with Gasteiger partial charge in [-0.05, 0) is 54.1 Å². The Kier molecular flexibility index (Phi) is 8.53. The number of anilines is 2. The number of thioether (sulfide) groups is 1. The van der Waals surface area contributed by atoms with Gasteiger partial charge in [0.2, 0.25) is 5.91 Å². The van der Waals surface area contributed by atoms with Crippen LogP contribution < -0.4 is 20.4 Å². The Balaban J connectivity index is 1.24. The molecular formula is C31H26N4O4S. The number of hydrogen-bond donors (Lipinski definition) is 2. The number of ether oxygens (including phenoxy) is 1. The van der Waals surface area contributed by atoms with Crippen LogP contribution in [0.1, 0.15) is 17.2 Å². The Bertz CT molecular complexity index is 1500. The smallest absolute Gasteiger partial charge is 0.262 e. The average molecular weight is 551 g/mol. The van der Waals surface area contributed by atoms with Gasteiger partial charge in [-0.15, -0.1) is 11.8 Å². The maximum Gasteiger partial charge on any atom is 0.262 e. The number of carbonyl (C=O) groups excluding carboxylic acids is 3. The molecule has 0 radical (unpaired) electrons. The van der Waals surface area contributed by atoms with Gasteiger partial charge in [-0.2, -0.15) is 10.1 Å². The number of nitrogens with one attached hydrogen (secondary N) is 2. The van der Waals surface area contributed by atoms with Gasteiger partial charge in [-0.3, -0.25) is 14.4 Å². The van der Waals surface area contributed by atoms with Crippen LogP contribution in [-0.4, -0.2) is 30.2 Å². The molecule has 0 spiro atoms. The Morgan fingerprint density at radius 1 is 0.825 bits per heavy atom. The number of carbonyl (C=O) groups is 3. The molecule has 4 aromatic rings. The molecule has 8 nitrogen and oxygen atoms in total. The van der Waals surface area contributed by atoms with Crippen molar-refractivity contribution in [1.29, 1.82) is 0 Å². The first-order valence-corrected chi connectivity index (χ1v) is 13.5. The molecule has 1 atom stereocenters. The average Bonchev–Trinajstić information content (AvgIpc) is 3.36. The van der Waals surface area contributed by atoms with E-state index in [1.165, 1.54) is 16.8 Å². The molecule has 2 N–H and O–H groups in total. The van der Waals surface area contributed by atoms with Crippen molar-refractivity contribution in [2.75, 3.05) is 16.9 Å². The molecule has 9 heteroatoms. The number of para-hydroxylation sites is 2. The van der Waals surface area contributed by atoms with Crippen LogP contribution in [-0.2, 0) is 14.4 Å². The summed E-state index contributed by atoms with van der Waals surface area (Å²) in [5.41, 5.74) is 2.07. The first-order chi connectivity index (χ1) is 19.5. The molecule has 1 aliphatic rings. The second-order valence-corrected chi connectivity index (χ2v) is 10.0. The minimum atomic E-state index is -0.593. The number of hydrogen-bond acceptors (Lipinski definition) is 6. The molecule has 5 rings (SSSR count). The van der Waals surface area contributed by atoms with Crippen molar-refractivity contribution in [3.8, 4) is 5.75 Å². The van der Waals surface area contributed by atoms with Gasteiger partial charge in [-0.1, -0.05) is 66.7 Å². The van der Waals surface area contributed by atoms with Crippen molar-refractivity contribution in [1.82, 2.24) is 5.32 Å². The topological polar surface area (TPSA) is 100 Å². The van der Waals surface area contributed by atoms with Crippen LogP contribution in [0.3, 0.4) is 0 Å². The van der Waals surface area contributed by atoms with Crippen LogP contribution in [0.2, 0.25) is 0 Å². The second kappa shape index (κ2) is 12.8. The van der Waals surface area contributed by atoms with Crippen molar-refractivity contribution in [2.24, 2.45) is 5.10 Å². The number of rotatable bonds is 9. The predicted octanol–water partition coefficient (Wildman–Crippen LogP) is 5.40. The summed E-state index contributed by atoms with van der Waals surface area (Å²) in [6.45, 7) is -0.106. The molecule has 0 fully saturated rings. The number of benzene rings is 4. The molecule has 4 aromatic carbocycles. The molecule has 0 aliphatic carbocycles. The number of nitrogens with zero attached hydrogens (tertiary/aromatic N) is 2. The molecule has 200 valence electrons. The van der Waals surface area contributed by atoms with Crippen LogP contribution in [0.15, 0.2) is 125 Å². The Morgan fingerprint density at radius 3 is 2.12 bits per heavy atom. The standard InChI is InChI=1S/C31H26N4O4S/c36-28(21-39-25-14-8-3-9-15-25)32-23-16-18-26(19-17-23)40-30(22-10-4-1-5-11-22)31(38)33-27-20-29(37)35(34-27)24-12-6-2-7-13-24/h1-19,30H,20-21H2,(H,32,36)(H,33,34,38). The fraction of sp³-hybridized carbons (Fsp3) is 0.0968. The molecule has 40 heavy (non-hydrogen) atoms. The fourth-order valence-corrected chi connectivity index (χ4v) is 5.02. The number of amidine groups is 1. The lowest BCUT2D eigenvalue weighted by Gasteiger charge is -2.17. The van der Waals surface area contributed by atoms with Gasteiger partial charge in [0.15, 0.2) is 6.61 Å². The molecule has 0 saturated carbocycles. The highest BCUT2D eigenvalue weighted by atomic mass is 32.2. The normalized spacial score (nSPS) is 13.3. The van der Waals surface area contributed by atoms with E-state index in [0.717, 1.165) is 10.5 Å². The molecule has 0 bridgehead atoms. The fourth-order valence-electron chi connectivity index (χ4n) is 3.99. The maximum absolute atomic E-state index is 13.4. The third kappa shape index (κ3) is 6.95. The third-order valence-electron chi connectivity index (χ3n) is 5.89. The first-order valence-electron chi connectivity index (χ1n) is 12.6. The SMILES string of the molecule is O=C(COc1ccccc1)Nc1ccc(SC(C(=O)NC2=NN(c3ccccc3)C(=O)C2)c2ccccc2)cc1. The van der Waals surface area contributed by atoms with Crippen molar-refractivity contribution in [3.05, 3.63) is 121 Å². The number of amides is 3. The Hall–Kier alpha value is -4.89. The van der Waals surface area contributed by atoms with E-state index in [-0.39, 0.29) is 30.7 Å². The molecule has 0 aromatic heterocycles. The van der Waals surface area contributed by atoms with Crippen LogP contribution in [0.5, 0.6) is 5.75 Å². The zero-order chi connectivity index (χ0) is 27.7. The summed E-state index contributed by atoms with van der Waals surface area (Å²) in [5.74, 6) is 0.152. The Labute approximate surface area is 236 Å². The highest BCUT2D eigenvalue weighted by Gasteiger charge is 2.29. The van der Waals surface area contributed by atoms with Crippen LogP contribution >= 0.6 is 11.8 Å². The highest BCUT2D eigenvalue weighted by molar-refractivity contribution is 8.00. The molecular weight excluding hydrogens is 524 g/mol. The monoisotopic (exact) mass is 550 g/mol. The molecule has 0 saturated heterocycles. The van der Waals surface area contributed by atoms with E-state index in [1.807, 2.05) is 78.9 Å². The van der Waals surface area contributed by atoms with Gasteiger partial charge in [-0.25, -0.2) is 0 Å². The quantitative estimate of drug-likeness (QED) is 0.272. The lowest BCUT2D eigenvalue weighted by molar-refractivity contribution is -0.119. The third-order valence-corrected chi connectivity index (χ3v) is 7.16. The van der Waals surface area contributed by atoms with Gasteiger partial charge in [0.05, 0.1) is 12.1 Å². The largest absolute Gasteiger partial charge is 0.484 e. The first kappa shape index (κ1) is 26.7. The summed E-state index contributed by atoms with van der Waals surface area (Å²) in [6.07, 6.45) is 0.00912. The summed E-state index contributed by atoms with van der Waals surface area (Å²) >= 11 is 1.36. The molecule has 1 heterocycles. The van der Waals surface area contributed by atoms with E-state index in [2.05, 4.69) is 15.7 Å². The maximum atomic E-state index is 13.4. The van der Waals surface area contributed by atoms with Crippen molar-refractivity contribution in [2.45, 2.75) is 16.6 Å². The van der Waals surface area contributed by atoms with E-state index >= 15 is 0 Å². The van der Waals surface area contributed by atoms with E-state index in [4.69, 9.17) is 4.74 Å². The Morgan fingerprint density at radius 2 is 1.45 bits per heavy atom. The lowest BCUT2D eigenvalue weighted by Crippen LogP contribution is -2.33. The van der Waals surface area contributed by atoms with Crippen LogP contribution in [0.25, 0.3) is 0 Å². The van der Waals surface area contributed by atoms with Gasteiger partial charge >= 0.3 is 0 Å². The second-order valence-electron chi connectivity index (χ2n) is 8.84. The van der Waals surface area contributed by atoms with Crippen molar-refractivity contribution >= 4 is 46.7 Å². The summed E-state index contributed by atoms with van der Waals surface area (Å²) in [4.78, 5) is 39.1. The summed E-state index contributed by atoms with van der Waals surface area (Å²) in [6, 6.07) is 34.9. The lowest BCUT2D eigenvalue weighted by atomic mass is 10.1. The van der Waals surface area contributed by atoms with Crippen molar-refractivity contribution < 1.29 is 19.1 Å². The highest BCUT2D eigenvalue weighted by Crippen LogP contribution is 2.36. The van der Waals surface area contributed by atoms with Crippen molar-refractivity contribution in [3.63, 3.8) is 0 Å².